The van der Waals surface area contributed by atoms with Crippen molar-refractivity contribution in [3.63, 3.8) is 0 Å². The molecule has 0 radical (unpaired) electrons. The van der Waals surface area contributed by atoms with Gasteiger partial charge in [0.2, 0.25) is 0 Å². The number of hydrogen-bond donors (Lipinski definition) is 2. The Labute approximate surface area is 144 Å². The molecule has 2 aromatic rings. The second kappa shape index (κ2) is 7.35. The van der Waals surface area contributed by atoms with Crippen molar-refractivity contribution >= 4 is 40.7 Å². The van der Waals surface area contributed by atoms with Crippen molar-refractivity contribution in [3.8, 4) is 0 Å². The van der Waals surface area contributed by atoms with Gasteiger partial charge in [-0.2, -0.15) is 0 Å². The van der Waals surface area contributed by atoms with Crippen molar-refractivity contribution in [2.45, 2.75) is 0 Å². The Kier molecular flexibility index (Phi) is 5.47. The third-order valence-corrected chi connectivity index (χ3v) is 3.93. The number of rotatable bonds is 3. The predicted molar refractivity (Wildman–Crippen MR) is 92.2 cm³/mol. The van der Waals surface area contributed by atoms with E-state index < -0.39 is 11.8 Å². The predicted octanol–water partition coefficient (Wildman–Crippen LogP) is 3.13. The summed E-state index contributed by atoms with van der Waals surface area (Å²) in [6, 6.07) is 11.7. The van der Waals surface area contributed by atoms with Gasteiger partial charge in [-0.1, -0.05) is 35.3 Å². The Balaban J connectivity index is 2.05. The summed E-state index contributed by atoms with van der Waals surface area (Å²) < 4.78 is 0. The molecule has 0 bridgehead atoms. The first-order valence-corrected chi connectivity index (χ1v) is 7.48. The van der Waals surface area contributed by atoms with Crippen LogP contribution in [0.2, 0.25) is 10.0 Å². The fourth-order valence-electron chi connectivity index (χ4n) is 1.86. The van der Waals surface area contributed by atoms with E-state index in [1.165, 1.54) is 6.07 Å². The lowest BCUT2D eigenvalue weighted by Crippen LogP contribution is -2.41. The van der Waals surface area contributed by atoms with Crippen LogP contribution in [0.1, 0.15) is 20.7 Å². The molecule has 120 valence electrons. The maximum absolute atomic E-state index is 12.1. The Morgan fingerprint density at radius 3 is 2.30 bits per heavy atom. The van der Waals surface area contributed by atoms with Crippen molar-refractivity contribution < 1.29 is 9.59 Å². The molecule has 0 aliphatic heterocycles. The van der Waals surface area contributed by atoms with E-state index in [1.54, 1.807) is 30.3 Å². The number of amides is 2. The maximum atomic E-state index is 12.1. The molecule has 0 fully saturated rings. The van der Waals surface area contributed by atoms with Crippen LogP contribution in [0.25, 0.3) is 0 Å². The smallest absolute Gasteiger partial charge is 0.271 e. The normalized spacial score (nSPS) is 10.1. The van der Waals surface area contributed by atoms with Crippen LogP contribution >= 0.6 is 23.2 Å². The monoisotopic (exact) mass is 351 g/mol. The number of carbonyl (C=O) groups is 2. The highest BCUT2D eigenvalue weighted by Gasteiger charge is 2.14. The van der Waals surface area contributed by atoms with Crippen LogP contribution in [0, 0.1) is 0 Å². The zero-order valence-corrected chi connectivity index (χ0v) is 14.1. The Morgan fingerprint density at radius 1 is 0.957 bits per heavy atom. The molecule has 23 heavy (non-hydrogen) atoms. The van der Waals surface area contributed by atoms with E-state index in [-0.39, 0.29) is 15.6 Å². The number of hydrogen-bond acceptors (Lipinski definition) is 3. The average molecular weight is 352 g/mol. The highest BCUT2D eigenvalue weighted by atomic mass is 35.5. The fraction of sp³-hybridized carbons (Fsp3) is 0.125. The standard InChI is InChI=1S/C16H15Cl2N3O2/c1-21(2)11-6-3-5-10(9-11)15(22)19-20-16(23)12-7-4-8-13(17)14(12)18/h3-9H,1-2H3,(H,19,22)(H,20,23). The van der Waals surface area contributed by atoms with Crippen LogP contribution in [0.4, 0.5) is 5.69 Å². The van der Waals surface area contributed by atoms with Crippen molar-refractivity contribution in [2.24, 2.45) is 0 Å². The minimum atomic E-state index is -0.547. The summed E-state index contributed by atoms with van der Waals surface area (Å²) in [5, 5.41) is 0.403. The number of nitrogens with zero attached hydrogens (tertiary/aromatic N) is 1. The molecule has 7 heteroatoms. The number of hydrazine groups is 1. The van der Waals surface area contributed by atoms with Gasteiger partial charge in [-0.15, -0.1) is 0 Å². The lowest BCUT2D eigenvalue weighted by molar-refractivity contribution is 0.0847. The van der Waals surface area contributed by atoms with Crippen LogP contribution in [-0.4, -0.2) is 25.9 Å². The van der Waals surface area contributed by atoms with Crippen molar-refractivity contribution in [1.82, 2.24) is 10.9 Å². The molecule has 0 saturated carbocycles. The van der Waals surface area contributed by atoms with Crippen molar-refractivity contribution in [1.29, 1.82) is 0 Å². The molecule has 0 spiro atoms. The summed E-state index contributed by atoms with van der Waals surface area (Å²) in [6.07, 6.45) is 0. The first-order valence-electron chi connectivity index (χ1n) is 6.72. The summed E-state index contributed by atoms with van der Waals surface area (Å²) in [4.78, 5) is 26.0. The number of halogens is 2. The SMILES string of the molecule is CN(C)c1cccc(C(=O)NNC(=O)c2cccc(Cl)c2Cl)c1. The molecular weight excluding hydrogens is 337 g/mol. The Morgan fingerprint density at radius 2 is 1.61 bits per heavy atom. The van der Waals surface area contributed by atoms with E-state index >= 15 is 0 Å². The molecule has 2 N–H and O–H groups in total. The van der Waals surface area contributed by atoms with E-state index in [1.807, 2.05) is 25.1 Å². The van der Waals surface area contributed by atoms with Crippen LogP contribution in [0.3, 0.4) is 0 Å². The van der Waals surface area contributed by atoms with Crippen LogP contribution in [0.5, 0.6) is 0 Å². The van der Waals surface area contributed by atoms with Gasteiger partial charge in [0.1, 0.15) is 0 Å². The number of carbonyl (C=O) groups excluding carboxylic acids is 2. The van der Waals surface area contributed by atoms with E-state index in [4.69, 9.17) is 23.2 Å². The first kappa shape index (κ1) is 17.1. The van der Waals surface area contributed by atoms with E-state index in [0.29, 0.717) is 5.56 Å². The molecule has 0 saturated heterocycles. The molecule has 0 aromatic heterocycles. The molecule has 0 unspecified atom stereocenters. The quantitative estimate of drug-likeness (QED) is 0.835. The van der Waals surface area contributed by atoms with E-state index in [2.05, 4.69) is 10.9 Å². The van der Waals surface area contributed by atoms with Crippen LogP contribution < -0.4 is 15.8 Å². The second-order valence-electron chi connectivity index (χ2n) is 4.95. The lowest BCUT2D eigenvalue weighted by Gasteiger charge is -2.14. The minimum absolute atomic E-state index is 0.135. The zero-order chi connectivity index (χ0) is 17.0. The summed E-state index contributed by atoms with van der Waals surface area (Å²) in [5.41, 5.74) is 6.15. The third kappa shape index (κ3) is 4.15. The second-order valence-corrected chi connectivity index (χ2v) is 5.74. The largest absolute Gasteiger partial charge is 0.378 e. The molecule has 2 rings (SSSR count). The Hall–Kier alpha value is -2.24. The summed E-state index contributed by atoms with van der Waals surface area (Å²) in [7, 11) is 3.75. The summed E-state index contributed by atoms with van der Waals surface area (Å²) in [6.45, 7) is 0. The molecule has 5 nitrogen and oxygen atoms in total. The van der Waals surface area contributed by atoms with Gasteiger partial charge in [-0.05, 0) is 30.3 Å². The first-order chi connectivity index (χ1) is 10.9. The van der Waals surface area contributed by atoms with Crippen LogP contribution in [0.15, 0.2) is 42.5 Å². The average Bonchev–Trinajstić information content (AvgIpc) is 2.55. The van der Waals surface area contributed by atoms with Gasteiger partial charge in [-0.3, -0.25) is 20.4 Å². The van der Waals surface area contributed by atoms with Gasteiger partial charge in [0.25, 0.3) is 11.8 Å². The summed E-state index contributed by atoms with van der Waals surface area (Å²) in [5.74, 6) is -0.977. The van der Waals surface area contributed by atoms with Crippen LogP contribution in [-0.2, 0) is 0 Å². The highest BCUT2D eigenvalue weighted by molar-refractivity contribution is 6.43. The molecule has 2 aromatic carbocycles. The number of nitrogens with one attached hydrogen (secondary N) is 2. The fourth-order valence-corrected chi connectivity index (χ4v) is 2.24. The van der Waals surface area contributed by atoms with Gasteiger partial charge in [0, 0.05) is 25.3 Å². The Bertz CT molecular complexity index is 748. The van der Waals surface area contributed by atoms with E-state index in [0.717, 1.165) is 5.69 Å². The molecule has 0 aliphatic carbocycles. The highest BCUT2D eigenvalue weighted by Crippen LogP contribution is 2.25. The third-order valence-electron chi connectivity index (χ3n) is 3.11. The lowest BCUT2D eigenvalue weighted by atomic mass is 10.2. The molecule has 0 aliphatic rings. The van der Waals surface area contributed by atoms with E-state index in [9.17, 15) is 9.59 Å². The number of benzene rings is 2. The molecule has 2 amide bonds. The van der Waals surface area contributed by atoms with Gasteiger partial charge in [0.05, 0.1) is 15.6 Å². The molecule has 0 heterocycles. The minimum Gasteiger partial charge on any atom is -0.378 e. The van der Waals surface area contributed by atoms with Crippen molar-refractivity contribution in [3.05, 3.63) is 63.6 Å². The van der Waals surface area contributed by atoms with Gasteiger partial charge in [0.15, 0.2) is 0 Å². The zero-order valence-electron chi connectivity index (χ0n) is 12.6. The molecule has 0 atom stereocenters. The maximum Gasteiger partial charge on any atom is 0.271 e. The van der Waals surface area contributed by atoms with Gasteiger partial charge < -0.3 is 4.90 Å². The molecular formula is C16H15Cl2N3O2. The van der Waals surface area contributed by atoms with Crippen molar-refractivity contribution in [2.75, 3.05) is 19.0 Å². The number of anilines is 1. The summed E-state index contributed by atoms with van der Waals surface area (Å²) >= 11 is 11.8. The van der Waals surface area contributed by atoms with Gasteiger partial charge >= 0.3 is 0 Å². The topological polar surface area (TPSA) is 61.4 Å². The van der Waals surface area contributed by atoms with Gasteiger partial charge in [-0.25, -0.2) is 0 Å².